The molecule has 5 heteroatoms. The van der Waals surface area contributed by atoms with Gasteiger partial charge in [-0.15, -0.1) is 11.3 Å². The van der Waals surface area contributed by atoms with E-state index in [1.807, 2.05) is 83.2 Å². The highest BCUT2D eigenvalue weighted by Crippen LogP contribution is 2.30. The van der Waals surface area contributed by atoms with Gasteiger partial charge in [-0.1, -0.05) is 52.0 Å². The molecule has 0 aliphatic carbocycles. The first kappa shape index (κ1) is 24.4. The Balaban J connectivity index is 0.000000399. The zero-order chi connectivity index (χ0) is 21.6. The summed E-state index contributed by atoms with van der Waals surface area (Å²) in [6.07, 6.45) is 7.53. The Morgan fingerprint density at radius 1 is 1.14 bits per heavy atom. The Kier molecular flexibility index (Phi) is 11.4. The van der Waals surface area contributed by atoms with Gasteiger partial charge in [0.2, 0.25) is 0 Å². The maximum atomic E-state index is 8.72. The van der Waals surface area contributed by atoms with Crippen molar-refractivity contribution in [2.45, 2.75) is 47.5 Å². The lowest BCUT2D eigenvalue weighted by Gasteiger charge is -2.04. The molecule has 0 aliphatic heterocycles. The molecule has 0 radical (unpaired) electrons. The van der Waals surface area contributed by atoms with Gasteiger partial charge in [-0.2, -0.15) is 5.90 Å². The van der Waals surface area contributed by atoms with Crippen LogP contribution in [0.15, 0.2) is 60.4 Å². The van der Waals surface area contributed by atoms with Gasteiger partial charge in [0.15, 0.2) is 0 Å². The first-order valence-corrected chi connectivity index (χ1v) is 10.8. The molecule has 0 saturated heterocycles. The molecule has 3 N–H and O–H groups in total. The molecule has 2 aromatic carbocycles. The van der Waals surface area contributed by atoms with Crippen molar-refractivity contribution in [2.24, 2.45) is 5.90 Å². The van der Waals surface area contributed by atoms with Crippen molar-refractivity contribution in [1.29, 1.82) is 0 Å². The molecule has 0 spiro atoms. The van der Waals surface area contributed by atoms with Crippen LogP contribution in [0.4, 0.5) is 0 Å². The van der Waals surface area contributed by atoms with Crippen LogP contribution in [0.3, 0.4) is 0 Å². The van der Waals surface area contributed by atoms with E-state index < -0.39 is 0 Å². The molecule has 0 bridgehead atoms. The van der Waals surface area contributed by atoms with E-state index in [-0.39, 0.29) is 0 Å². The highest BCUT2D eigenvalue weighted by molar-refractivity contribution is 7.19. The van der Waals surface area contributed by atoms with Crippen molar-refractivity contribution in [2.75, 3.05) is 0 Å². The molecule has 1 heterocycles. The number of benzene rings is 2. The van der Waals surface area contributed by atoms with Crippen LogP contribution in [0.5, 0.6) is 5.75 Å². The molecule has 156 valence electrons. The third kappa shape index (κ3) is 7.72. The Bertz CT molecular complexity index is 930. The van der Waals surface area contributed by atoms with E-state index in [2.05, 4.69) is 17.1 Å². The average molecular weight is 413 g/mol. The largest absolute Gasteiger partial charge is 0.513 e. The lowest BCUT2D eigenvalue weighted by Crippen LogP contribution is -2.01. The standard InChI is InChI=1S/C16H14N2OS.C6H12O.C2H6/c1-2-4-16-18-14-8-7-12(10-15(14)20-16)11-5-3-6-13(9-11)19-17;1-3-5-6(7)4-2;1-2/h2-10H,17H2,1H3;5,7H,3-4H2,1-2H3;1-2H3/b4-2+;6-5+;. The number of hydrogen-bond donors (Lipinski definition) is 2. The number of aromatic nitrogens is 1. The summed E-state index contributed by atoms with van der Waals surface area (Å²) < 4.78 is 1.18. The summed E-state index contributed by atoms with van der Waals surface area (Å²) in [5.41, 5.74) is 3.24. The number of nitrogens with zero attached hydrogens (tertiary/aromatic N) is 1. The van der Waals surface area contributed by atoms with Crippen molar-refractivity contribution in [3.63, 3.8) is 0 Å². The van der Waals surface area contributed by atoms with Gasteiger partial charge in [0.1, 0.15) is 10.8 Å². The van der Waals surface area contributed by atoms with Gasteiger partial charge in [-0.25, -0.2) is 4.98 Å². The summed E-state index contributed by atoms with van der Waals surface area (Å²) in [5.74, 6) is 6.36. The van der Waals surface area contributed by atoms with Crippen molar-refractivity contribution in [1.82, 2.24) is 4.98 Å². The minimum atomic E-state index is 0.502. The van der Waals surface area contributed by atoms with Crippen molar-refractivity contribution in [3.05, 3.63) is 65.4 Å². The number of nitrogens with two attached hydrogens (primary N) is 1. The fraction of sp³-hybridized carbons (Fsp3) is 0.292. The second-order valence-electron chi connectivity index (χ2n) is 5.84. The van der Waals surface area contributed by atoms with E-state index in [9.17, 15) is 0 Å². The number of hydrogen-bond acceptors (Lipinski definition) is 5. The minimum absolute atomic E-state index is 0.502. The number of allylic oxidation sites excluding steroid dienone is 3. The van der Waals surface area contributed by atoms with E-state index in [0.717, 1.165) is 34.5 Å². The molecule has 0 unspecified atom stereocenters. The summed E-state index contributed by atoms with van der Waals surface area (Å²) in [7, 11) is 0. The van der Waals surface area contributed by atoms with Crippen LogP contribution in [0, 0.1) is 0 Å². The third-order valence-corrected chi connectivity index (χ3v) is 4.80. The fourth-order valence-corrected chi connectivity index (χ4v) is 3.44. The number of rotatable bonds is 5. The molecule has 0 atom stereocenters. The van der Waals surface area contributed by atoms with Crippen LogP contribution in [0.2, 0.25) is 0 Å². The highest BCUT2D eigenvalue weighted by Gasteiger charge is 2.05. The Morgan fingerprint density at radius 2 is 1.86 bits per heavy atom. The lowest BCUT2D eigenvalue weighted by molar-refractivity contribution is 0.334. The molecule has 3 aromatic rings. The first-order valence-electron chi connectivity index (χ1n) is 9.99. The predicted molar refractivity (Wildman–Crippen MR) is 127 cm³/mol. The van der Waals surface area contributed by atoms with E-state index in [1.54, 1.807) is 11.3 Å². The quantitative estimate of drug-likeness (QED) is 0.336. The van der Waals surface area contributed by atoms with Crippen LogP contribution in [-0.2, 0) is 0 Å². The summed E-state index contributed by atoms with van der Waals surface area (Å²) in [6.45, 7) is 9.93. The third-order valence-electron chi connectivity index (χ3n) is 3.82. The van der Waals surface area contributed by atoms with Crippen LogP contribution < -0.4 is 10.7 Å². The topological polar surface area (TPSA) is 68.4 Å². The summed E-state index contributed by atoms with van der Waals surface area (Å²) in [5, 5.41) is 9.75. The van der Waals surface area contributed by atoms with E-state index in [4.69, 9.17) is 15.8 Å². The number of aliphatic hydroxyl groups is 1. The monoisotopic (exact) mass is 412 g/mol. The lowest BCUT2D eigenvalue weighted by atomic mass is 10.1. The smallest absolute Gasteiger partial charge is 0.147 e. The van der Waals surface area contributed by atoms with Crippen LogP contribution >= 0.6 is 11.3 Å². The predicted octanol–water partition coefficient (Wildman–Crippen LogP) is 7.52. The second-order valence-corrected chi connectivity index (χ2v) is 6.90. The highest BCUT2D eigenvalue weighted by atomic mass is 32.1. The zero-order valence-electron chi connectivity index (χ0n) is 18.0. The molecule has 3 rings (SSSR count). The van der Waals surface area contributed by atoms with Crippen molar-refractivity contribution < 1.29 is 9.94 Å². The summed E-state index contributed by atoms with van der Waals surface area (Å²) in [4.78, 5) is 9.34. The van der Waals surface area contributed by atoms with Gasteiger partial charge in [0, 0.05) is 6.42 Å². The Labute approximate surface area is 178 Å². The minimum Gasteiger partial charge on any atom is -0.513 e. The van der Waals surface area contributed by atoms with Crippen LogP contribution in [0.25, 0.3) is 27.4 Å². The van der Waals surface area contributed by atoms with Crippen LogP contribution in [-0.4, -0.2) is 10.1 Å². The number of thiazole rings is 1. The van der Waals surface area contributed by atoms with Crippen molar-refractivity contribution >= 4 is 27.6 Å². The second kappa shape index (κ2) is 13.5. The maximum Gasteiger partial charge on any atom is 0.147 e. The zero-order valence-corrected chi connectivity index (χ0v) is 18.8. The van der Waals surface area contributed by atoms with E-state index in [0.29, 0.717) is 11.5 Å². The van der Waals surface area contributed by atoms with Crippen LogP contribution in [0.1, 0.15) is 52.5 Å². The summed E-state index contributed by atoms with van der Waals surface area (Å²) in [6, 6.07) is 14.0. The molecular weight excluding hydrogens is 380 g/mol. The SMILES string of the molecule is C/C=C/c1nc2ccc(-c3cccc(ON)c3)cc2s1.CC.CC/C=C(/O)CC. The molecule has 4 nitrogen and oxygen atoms in total. The van der Waals surface area contributed by atoms with E-state index >= 15 is 0 Å². The molecule has 1 aromatic heterocycles. The van der Waals surface area contributed by atoms with Gasteiger partial charge in [-0.05, 0) is 60.9 Å². The van der Waals surface area contributed by atoms with Gasteiger partial charge >= 0.3 is 0 Å². The van der Waals surface area contributed by atoms with Gasteiger partial charge in [0.25, 0.3) is 0 Å². The molecule has 29 heavy (non-hydrogen) atoms. The number of fused-ring (bicyclic) bond motifs is 1. The average Bonchev–Trinajstić information content (AvgIpc) is 3.17. The molecule has 0 fully saturated rings. The Hall–Kier alpha value is -2.63. The van der Waals surface area contributed by atoms with E-state index in [1.165, 1.54) is 4.70 Å². The summed E-state index contributed by atoms with van der Waals surface area (Å²) >= 11 is 1.69. The fourth-order valence-electron chi connectivity index (χ4n) is 2.46. The number of aliphatic hydroxyl groups excluding tert-OH is 1. The molecule has 0 aliphatic rings. The first-order chi connectivity index (χ1) is 14.1. The van der Waals surface area contributed by atoms with Gasteiger partial charge in [-0.3, -0.25) is 0 Å². The Morgan fingerprint density at radius 3 is 2.45 bits per heavy atom. The molecule has 0 saturated carbocycles. The maximum absolute atomic E-state index is 8.72. The molecule has 0 amide bonds. The molecular formula is C24H32N2O2S. The van der Waals surface area contributed by atoms with Gasteiger partial charge < -0.3 is 9.94 Å². The van der Waals surface area contributed by atoms with Crippen molar-refractivity contribution in [3.8, 4) is 16.9 Å². The van der Waals surface area contributed by atoms with Gasteiger partial charge in [0.05, 0.1) is 16.0 Å². The normalized spacial score (nSPS) is 10.9.